The minimum absolute atomic E-state index is 0. The van der Waals surface area contributed by atoms with E-state index < -0.39 is 0 Å². The molecule has 13 nitrogen and oxygen atoms in total. The van der Waals surface area contributed by atoms with E-state index >= 15 is 0 Å². The normalized spacial score (nSPS) is 27.8. The van der Waals surface area contributed by atoms with E-state index in [2.05, 4.69) is 87.5 Å². The molecule has 0 amide bonds. The van der Waals surface area contributed by atoms with Crippen LogP contribution in [-0.2, 0) is 47.7 Å². The predicted molar refractivity (Wildman–Crippen MR) is 296 cm³/mol. The quantitative estimate of drug-likeness (QED) is 0.0154. The number of aliphatic hydroxyl groups excluding tert-OH is 2. The SMILES string of the molecule is CO.COC(=O)CCCCCC[C@@H]1[C@@H](/C=C/[C@@H](OC2CCCCO2)[C@@H](C)CC#CC2CC2)[C@H](C)C[C@@H]1C.COC(=O)CCCCCC[C@@H]1[C@@H](/C=C/[C@@H](OC2CCCCO2)[C@@H](C)CC#CC2CC2)[C@H](C)C[C@@H]1O.O=CO[O-].[H-].[K+].[K+]. The number of allylic oxidation sites excluding steroid dienone is 2. The zero-order valence-corrected chi connectivity index (χ0v) is 56.6. The van der Waals surface area contributed by atoms with Crippen LogP contribution in [0.5, 0.6) is 0 Å². The van der Waals surface area contributed by atoms with Gasteiger partial charge in [0.2, 0.25) is 0 Å². The van der Waals surface area contributed by atoms with E-state index in [1.807, 2.05) is 0 Å². The Morgan fingerprint density at radius 1 is 0.628 bits per heavy atom. The van der Waals surface area contributed by atoms with Crippen molar-refractivity contribution in [3.8, 4) is 23.7 Å². The summed E-state index contributed by atoms with van der Waals surface area (Å²) in [5, 5.41) is 26.2. The number of methoxy groups -OCH3 is 2. The molecule has 14 atom stereocenters. The summed E-state index contributed by atoms with van der Waals surface area (Å²) < 4.78 is 34.3. The molecule has 15 heteroatoms. The molecule has 4 aliphatic carbocycles. The summed E-state index contributed by atoms with van der Waals surface area (Å²) in [6, 6.07) is 0. The Morgan fingerprint density at radius 2 is 1.04 bits per heavy atom. The number of ether oxygens (including phenoxy) is 6. The minimum atomic E-state index is -0.238. The Kier molecular flexibility index (Phi) is 45.1. The summed E-state index contributed by atoms with van der Waals surface area (Å²) >= 11 is 0. The molecule has 0 aromatic heterocycles. The van der Waals surface area contributed by atoms with E-state index in [4.69, 9.17) is 43.6 Å². The summed E-state index contributed by atoms with van der Waals surface area (Å²) in [4.78, 5) is 33.8. The average molecular weight is 1150 g/mol. The van der Waals surface area contributed by atoms with Crippen molar-refractivity contribution in [1.29, 1.82) is 0 Å². The first-order valence-corrected chi connectivity index (χ1v) is 29.7. The van der Waals surface area contributed by atoms with Gasteiger partial charge in [0.05, 0.1) is 32.5 Å². The van der Waals surface area contributed by atoms with Gasteiger partial charge in [-0.3, -0.25) is 14.4 Å². The van der Waals surface area contributed by atoms with Crippen molar-refractivity contribution in [3.63, 3.8) is 0 Å². The third-order valence-electron chi connectivity index (χ3n) is 16.4. The largest absolute Gasteiger partial charge is 1.00 e. The summed E-state index contributed by atoms with van der Waals surface area (Å²) in [5.74, 6) is 19.3. The van der Waals surface area contributed by atoms with Crippen LogP contribution in [0.25, 0.3) is 0 Å². The van der Waals surface area contributed by atoms with Crippen LogP contribution in [0.3, 0.4) is 0 Å². The summed E-state index contributed by atoms with van der Waals surface area (Å²) in [5.41, 5.74) is 0. The van der Waals surface area contributed by atoms with E-state index in [0.29, 0.717) is 66.1 Å². The molecule has 6 fully saturated rings. The van der Waals surface area contributed by atoms with Gasteiger partial charge in [-0.05, 0) is 156 Å². The number of hydrogen-bond acceptors (Lipinski definition) is 13. The first kappa shape index (κ1) is 76.0. The average Bonchev–Trinajstić information content (AvgIpc) is 4.38. The number of aliphatic hydroxyl groups is 2. The Bertz CT molecular complexity index is 1640. The second kappa shape index (κ2) is 46.3. The van der Waals surface area contributed by atoms with Gasteiger partial charge in [0, 0.05) is 57.8 Å². The molecule has 6 rings (SSSR count). The van der Waals surface area contributed by atoms with Gasteiger partial charge in [-0.25, -0.2) is 0 Å². The van der Waals surface area contributed by atoms with Crippen molar-refractivity contribution >= 4 is 18.4 Å². The van der Waals surface area contributed by atoms with Crippen LogP contribution in [0.2, 0.25) is 0 Å². The number of unbranched alkanes of at least 4 members (excludes halogenated alkanes) is 6. The van der Waals surface area contributed by atoms with Gasteiger partial charge in [-0.15, -0.1) is 11.8 Å². The van der Waals surface area contributed by atoms with Gasteiger partial charge in [0.25, 0.3) is 6.47 Å². The molecule has 0 aromatic carbocycles. The molecule has 436 valence electrons. The molecule has 0 radical (unpaired) electrons. The fourth-order valence-electron chi connectivity index (χ4n) is 11.5. The Morgan fingerprint density at radius 3 is 1.44 bits per heavy atom. The van der Waals surface area contributed by atoms with Gasteiger partial charge >= 0.3 is 115 Å². The standard InChI is InChI=1S/C31H50O4.C30H48O5.CH2O3.CH4O.2K.H/c1-23(12-11-13-26-17-18-26)29(35-31-16-9-10-21-34-31)20-19-28-25(3)22-24(2)27(28)14-7-5-6-8-15-30(32)33-4;1-22(11-10-12-24-16-17-24)28(35-30-15-8-9-20-34-30)19-18-25-23(2)21-27(31)26(25)13-6-4-5-7-14-29(32)33-3;2-1-4-3;1-2;;;/h19-20,23-29,31H,5-10,12,14-18,21-22H2,1-4H3;18-19,22-28,30-31H,4-9,11,13-17,20-21H2,1-3H3;1,3H;2H,1H3;;;/q;;;;2*+1;-1/p-1/b20-19+;19-18+;;;;;/t23-,24-,25+,27-,28-,29+,31?;22-,23+,25-,26+,27-,28+,30?;;;;;/m00...../s1. The second-order valence-electron chi connectivity index (χ2n) is 22.8. The number of carbonyl (C=O) groups excluding carboxylic acids is 3. The van der Waals surface area contributed by atoms with Crippen molar-refractivity contribution in [1.82, 2.24) is 0 Å². The minimum Gasteiger partial charge on any atom is -1.00 e. The third-order valence-corrected chi connectivity index (χ3v) is 16.4. The molecule has 2 unspecified atom stereocenters. The first-order chi connectivity index (χ1) is 36.9. The maximum absolute atomic E-state index is 11.3. The third kappa shape index (κ3) is 32.3. The van der Waals surface area contributed by atoms with Crippen molar-refractivity contribution in [3.05, 3.63) is 24.3 Å². The molecular weight excluding hydrogens is 1040 g/mol. The molecular formula is C63H104K2O13. The molecule has 2 saturated heterocycles. The summed E-state index contributed by atoms with van der Waals surface area (Å²) in [6.45, 7) is 13.1. The smallest absolute Gasteiger partial charge is 1.00 e. The number of carbonyl (C=O) groups is 3. The van der Waals surface area contributed by atoms with Crippen LogP contribution in [0.4, 0.5) is 0 Å². The number of hydrogen-bond donors (Lipinski definition) is 2. The predicted octanol–water partition coefficient (Wildman–Crippen LogP) is 5.52. The van der Waals surface area contributed by atoms with E-state index in [1.165, 1.54) is 72.0 Å². The zero-order valence-electron chi connectivity index (χ0n) is 51.3. The molecule has 0 aromatic rings. The van der Waals surface area contributed by atoms with Crippen LogP contribution in [0.1, 0.15) is 203 Å². The number of rotatable bonds is 27. The van der Waals surface area contributed by atoms with E-state index in [1.54, 1.807) is 0 Å². The van der Waals surface area contributed by atoms with Crippen LogP contribution < -0.4 is 108 Å². The van der Waals surface area contributed by atoms with Gasteiger partial charge in [0.1, 0.15) is 0 Å². The molecule has 2 heterocycles. The van der Waals surface area contributed by atoms with Crippen LogP contribution in [0, 0.1) is 88.8 Å². The van der Waals surface area contributed by atoms with Crippen molar-refractivity contribution in [2.45, 2.75) is 232 Å². The van der Waals surface area contributed by atoms with Crippen LogP contribution in [-0.4, -0.2) is 94.1 Å². The van der Waals surface area contributed by atoms with Crippen molar-refractivity contribution < 1.29 is 167 Å². The molecule has 78 heavy (non-hydrogen) atoms. The van der Waals surface area contributed by atoms with E-state index in [-0.39, 0.29) is 153 Å². The van der Waals surface area contributed by atoms with Gasteiger partial charge in [0.15, 0.2) is 12.6 Å². The Labute approximate surface area is 559 Å². The molecule has 0 spiro atoms. The fourth-order valence-corrected chi connectivity index (χ4v) is 11.5. The van der Waals surface area contributed by atoms with Crippen LogP contribution >= 0.6 is 0 Å². The summed E-state index contributed by atoms with van der Waals surface area (Å²) in [6.07, 6.45) is 36.5. The maximum atomic E-state index is 11.3. The molecule has 4 saturated carbocycles. The van der Waals surface area contributed by atoms with Gasteiger partial charge in [-0.2, -0.15) is 0 Å². The molecule has 2 N–H and O–H groups in total. The van der Waals surface area contributed by atoms with Crippen molar-refractivity contribution in [2.24, 2.45) is 65.1 Å². The fraction of sp³-hybridized carbons (Fsp3) is 0.825. The zero-order chi connectivity index (χ0) is 55.5. The Hall–Kier alpha value is 0.00273. The second-order valence-corrected chi connectivity index (χ2v) is 22.8. The van der Waals surface area contributed by atoms with Crippen LogP contribution in [0.15, 0.2) is 24.3 Å². The van der Waals surface area contributed by atoms with E-state index in [0.717, 1.165) is 128 Å². The summed E-state index contributed by atoms with van der Waals surface area (Å²) in [7, 11) is 3.91. The van der Waals surface area contributed by atoms with Gasteiger partial charge in [-0.1, -0.05) is 109 Å². The van der Waals surface area contributed by atoms with Gasteiger partial charge < -0.3 is 50.2 Å². The Balaban J connectivity index is 0.00000135. The topological polar surface area (TPSA) is 179 Å². The molecule has 0 bridgehead atoms. The number of esters is 2. The molecule has 6 aliphatic rings. The maximum Gasteiger partial charge on any atom is 1.00 e. The monoisotopic (exact) mass is 1150 g/mol. The van der Waals surface area contributed by atoms with E-state index in [9.17, 15) is 14.7 Å². The van der Waals surface area contributed by atoms with Crippen molar-refractivity contribution in [2.75, 3.05) is 34.5 Å². The molecule has 2 aliphatic heterocycles. The first-order valence-electron chi connectivity index (χ1n) is 29.7.